The summed E-state index contributed by atoms with van der Waals surface area (Å²) >= 11 is 3.24. The van der Waals surface area contributed by atoms with E-state index in [1.165, 1.54) is 0 Å². The van der Waals surface area contributed by atoms with Crippen molar-refractivity contribution in [3.63, 3.8) is 0 Å². The first-order valence-electron chi connectivity index (χ1n) is 0.667. The maximum absolute atomic E-state index is 8.89. The molecule has 3 nitrogen and oxygen atoms in total. The third-order valence-electron chi connectivity index (χ3n) is 0. The summed E-state index contributed by atoms with van der Waals surface area (Å²) in [6.45, 7) is 0. The van der Waals surface area contributed by atoms with E-state index >= 15 is 0 Å². The molecule has 0 aromatic carbocycles. The van der Waals surface area contributed by atoms with Gasteiger partial charge in [-0.3, -0.25) is 4.21 Å². The van der Waals surface area contributed by atoms with Crippen LogP contribution < -0.4 is 88.7 Å². The molecular weight excluding hydrogens is 378 g/mol. The third kappa shape index (κ3) is 74.5. The van der Waals surface area contributed by atoms with Gasteiger partial charge in [0.2, 0.25) is 0 Å². The molecule has 0 saturated heterocycles. The number of rotatable bonds is 0. The summed E-state index contributed by atoms with van der Waals surface area (Å²) in [5.41, 5.74) is 0. The van der Waals surface area contributed by atoms with E-state index in [9.17, 15) is 0 Å². The van der Waals surface area contributed by atoms with Crippen molar-refractivity contribution in [2.75, 3.05) is 0 Å². The third-order valence-corrected chi connectivity index (χ3v) is 0. The topological polar surface area (TPSA) is 63.2 Å². The SMILES string of the molecule is O=S([O-])([O-])=S.[Au+].[Na+].[Na+].[Na+]. The fourth-order valence-corrected chi connectivity index (χ4v) is 0. The van der Waals surface area contributed by atoms with Crippen molar-refractivity contribution in [3.8, 4) is 0 Å². The van der Waals surface area contributed by atoms with Crippen LogP contribution in [0.1, 0.15) is 0 Å². The van der Waals surface area contributed by atoms with Crippen LogP contribution in [0.25, 0.3) is 0 Å². The van der Waals surface area contributed by atoms with Crippen molar-refractivity contribution < 1.29 is 124 Å². The molecule has 0 aliphatic heterocycles. The summed E-state index contributed by atoms with van der Waals surface area (Å²) in [6.07, 6.45) is 0. The van der Waals surface area contributed by atoms with E-state index in [1.807, 2.05) is 0 Å². The molecule has 0 bridgehead atoms. The Morgan fingerprint density at radius 3 is 1.11 bits per heavy atom. The van der Waals surface area contributed by atoms with Gasteiger partial charge in [0.1, 0.15) is 0 Å². The summed E-state index contributed by atoms with van der Waals surface area (Å²) in [5.74, 6) is 0. The average molecular weight is 378 g/mol. The van der Waals surface area contributed by atoms with Crippen molar-refractivity contribution in [1.82, 2.24) is 0 Å². The van der Waals surface area contributed by atoms with Gasteiger partial charge in [-0.1, -0.05) is 0 Å². The Bertz CT molecular complexity index is 100. The number of hydrogen-bond acceptors (Lipinski definition) is 4. The monoisotopic (exact) mass is 378 g/mol. The second-order valence-electron chi connectivity index (χ2n) is 0.408. The van der Waals surface area contributed by atoms with Gasteiger partial charge in [0, 0.05) is 0 Å². The van der Waals surface area contributed by atoms with E-state index in [0.29, 0.717) is 0 Å². The molecule has 0 aliphatic rings. The molecule has 0 aliphatic carbocycles. The first-order valence-corrected chi connectivity index (χ1v) is 3.00. The Hall–Kier alpha value is 4.03. The van der Waals surface area contributed by atoms with Gasteiger partial charge in [-0.05, 0) is 11.2 Å². The van der Waals surface area contributed by atoms with Gasteiger partial charge in [-0.15, -0.1) is 9.05 Å². The normalized spacial score (nSPS) is 6.44. The molecule has 0 spiro atoms. The minimum absolute atomic E-state index is 0. The molecular formula is AuNa3O3S2+2. The zero-order chi connectivity index (χ0) is 4.50. The van der Waals surface area contributed by atoms with E-state index in [-0.39, 0.29) is 111 Å². The van der Waals surface area contributed by atoms with Crippen LogP contribution in [0.15, 0.2) is 0 Å². The molecule has 0 atom stereocenters. The predicted molar refractivity (Wildman–Crippen MR) is 17.1 cm³/mol. The van der Waals surface area contributed by atoms with Gasteiger partial charge in [-0.25, -0.2) is 0 Å². The van der Waals surface area contributed by atoms with Crippen LogP contribution in [0.4, 0.5) is 0 Å². The van der Waals surface area contributed by atoms with Gasteiger partial charge in [0.15, 0.2) is 0 Å². The van der Waals surface area contributed by atoms with Gasteiger partial charge in [-0.2, -0.15) is 0 Å². The zero-order valence-electron chi connectivity index (χ0n) is 5.34. The Kier molecular flexibility index (Phi) is 47.3. The number of hydrogen-bond donors (Lipinski definition) is 0. The van der Waals surface area contributed by atoms with E-state index in [1.54, 1.807) is 0 Å². The second-order valence-corrected chi connectivity index (χ2v) is 2.45. The van der Waals surface area contributed by atoms with Gasteiger partial charge >= 0.3 is 111 Å². The summed E-state index contributed by atoms with van der Waals surface area (Å²) < 4.78 is 26.7. The van der Waals surface area contributed by atoms with Crippen molar-refractivity contribution in [1.29, 1.82) is 0 Å². The average Bonchev–Trinajstić information content (AvgIpc) is 0.722. The van der Waals surface area contributed by atoms with Crippen molar-refractivity contribution in [2.24, 2.45) is 0 Å². The predicted octanol–water partition coefficient (Wildman–Crippen LogP) is -10.00. The largest absolute Gasteiger partial charge is 1.00 e. The Morgan fingerprint density at radius 1 is 1.11 bits per heavy atom. The smallest absolute Gasteiger partial charge is 0.780 e. The van der Waals surface area contributed by atoms with Gasteiger partial charge < -0.3 is 9.11 Å². The molecule has 9 heteroatoms. The van der Waals surface area contributed by atoms with E-state index in [2.05, 4.69) is 11.2 Å². The van der Waals surface area contributed by atoms with E-state index in [0.717, 1.165) is 0 Å². The van der Waals surface area contributed by atoms with Crippen LogP contribution in [0.3, 0.4) is 0 Å². The van der Waals surface area contributed by atoms with Gasteiger partial charge in [0.25, 0.3) is 0 Å². The fourth-order valence-electron chi connectivity index (χ4n) is 0. The Morgan fingerprint density at radius 2 is 1.11 bits per heavy atom. The zero-order valence-corrected chi connectivity index (χ0v) is 15.1. The molecule has 0 aromatic rings. The molecule has 0 amide bonds. The van der Waals surface area contributed by atoms with Crippen molar-refractivity contribution in [3.05, 3.63) is 0 Å². The molecule has 0 N–H and O–H groups in total. The Balaban J connectivity index is -0.0000000133. The molecule has 0 saturated carbocycles. The van der Waals surface area contributed by atoms with E-state index in [4.69, 9.17) is 13.3 Å². The molecule has 0 fully saturated rings. The Labute approximate surface area is 141 Å². The molecule has 0 aromatic heterocycles. The first kappa shape index (κ1) is 29.2. The minimum atomic E-state index is -4.33. The summed E-state index contributed by atoms with van der Waals surface area (Å²) in [4.78, 5) is 0. The summed E-state index contributed by atoms with van der Waals surface area (Å²) in [7, 11) is -4.33. The quantitative estimate of drug-likeness (QED) is 0.393. The van der Waals surface area contributed by atoms with Crippen molar-refractivity contribution in [2.45, 2.75) is 0 Å². The minimum Gasteiger partial charge on any atom is -0.780 e. The maximum Gasteiger partial charge on any atom is 1.00 e. The standard InChI is InChI=1S/Au.3Na.H2O3S2/c;;;;1-5(2,3)4/h;;;;(H2,1,2,3,4)/q4*+1;/p-2. The molecule has 0 radical (unpaired) electrons. The van der Waals surface area contributed by atoms with Crippen LogP contribution in [0.2, 0.25) is 0 Å². The van der Waals surface area contributed by atoms with Gasteiger partial charge in [0.05, 0.1) is 0 Å². The molecule has 9 heavy (non-hydrogen) atoms. The molecule has 0 heterocycles. The van der Waals surface area contributed by atoms with Crippen LogP contribution >= 0.6 is 0 Å². The second kappa shape index (κ2) is 14.5. The summed E-state index contributed by atoms with van der Waals surface area (Å²) in [6, 6.07) is 0. The molecule has 0 unspecified atom stereocenters. The molecule has 42 valence electrons. The summed E-state index contributed by atoms with van der Waals surface area (Å²) in [5, 5.41) is 0. The van der Waals surface area contributed by atoms with Crippen LogP contribution in [0.5, 0.6) is 0 Å². The van der Waals surface area contributed by atoms with Crippen LogP contribution in [0, 0.1) is 0 Å². The fraction of sp³-hybridized carbons (Fsp3) is 0. The maximum atomic E-state index is 8.89. The molecule has 0 rings (SSSR count). The van der Waals surface area contributed by atoms with Crippen molar-refractivity contribution >= 4 is 20.2 Å². The van der Waals surface area contributed by atoms with E-state index < -0.39 is 9.05 Å². The first-order chi connectivity index (χ1) is 2.00. The van der Waals surface area contributed by atoms with Crippen LogP contribution in [-0.4, -0.2) is 13.3 Å². The van der Waals surface area contributed by atoms with Crippen LogP contribution in [-0.2, 0) is 42.6 Å².